The van der Waals surface area contributed by atoms with Crippen LogP contribution in [0.25, 0.3) is 10.8 Å². The van der Waals surface area contributed by atoms with E-state index in [1.807, 2.05) is 18.2 Å². The van der Waals surface area contributed by atoms with Gasteiger partial charge in [0.25, 0.3) is 11.8 Å². The molecule has 2 fully saturated rings. The fourth-order valence-electron chi connectivity index (χ4n) is 6.16. The van der Waals surface area contributed by atoms with E-state index in [2.05, 4.69) is 15.6 Å². The smallest absolute Gasteiger partial charge is 0.310 e. The number of rotatable bonds is 3. The third-order valence-corrected chi connectivity index (χ3v) is 8.00. The highest BCUT2D eigenvalue weighted by molar-refractivity contribution is 6.38. The second kappa shape index (κ2) is 8.08. The van der Waals surface area contributed by atoms with Crippen LogP contribution >= 0.6 is 23.2 Å². The largest absolute Gasteiger partial charge is 0.481 e. The average Bonchev–Trinajstić information content (AvgIpc) is 3.40. The fourth-order valence-corrected chi connectivity index (χ4v) is 6.70. The van der Waals surface area contributed by atoms with Crippen LogP contribution < -0.4 is 10.6 Å². The minimum Gasteiger partial charge on any atom is -0.481 e. The number of carbonyl (C=O) groups excluding carboxylic acids is 2. The zero-order valence-corrected chi connectivity index (χ0v) is 20.4. The number of aromatic nitrogens is 1. The number of hydrogen-bond acceptors (Lipinski definition) is 5. The molecular weight excluding hydrogens is 529 g/mol. The lowest BCUT2D eigenvalue weighted by molar-refractivity contribution is -0.153. The Morgan fingerprint density at radius 3 is 2.62 bits per heavy atom. The first-order chi connectivity index (χ1) is 17.5. The van der Waals surface area contributed by atoms with Crippen molar-refractivity contribution in [2.24, 2.45) is 11.8 Å². The summed E-state index contributed by atoms with van der Waals surface area (Å²) in [5.74, 6) is -9.49. The predicted molar refractivity (Wildman–Crippen MR) is 132 cm³/mol. The summed E-state index contributed by atoms with van der Waals surface area (Å²) < 4.78 is 29.6. The molecule has 3 N–H and O–H groups in total. The van der Waals surface area contributed by atoms with Crippen LogP contribution in [0.4, 0.5) is 20.3 Å². The highest BCUT2D eigenvalue weighted by atomic mass is 35.5. The molecule has 2 unspecified atom stereocenters. The number of carbonyl (C=O) groups is 3. The summed E-state index contributed by atoms with van der Waals surface area (Å²) in [5, 5.41) is 17.3. The van der Waals surface area contributed by atoms with Crippen LogP contribution in [0.5, 0.6) is 0 Å². The molecule has 1 aromatic heterocycles. The maximum atomic E-state index is 14.8. The SMILES string of the molecule is O=C(O)C1[C@@H](C(=O)Nc2cc3ccccc3cn2)C2CC(F)(F)CN2[C@]12C(=O)Nc1c(Cl)cc(Cl)cc12. The van der Waals surface area contributed by atoms with Crippen LogP contribution in [0.15, 0.2) is 48.7 Å². The standard InChI is InChI=1S/C25H18Cl2F2N4O4/c26-13-6-14-20(15(27)7-13)32-23(37)25(14)19(22(35)36)18(16-8-24(28,29)10-33(16)25)21(34)31-17-5-11-3-1-2-4-12(11)9-30-17/h1-7,9,16,18-19H,8,10H2,(H,32,37)(H,35,36)(H,30,31,34)/t16?,18-,19?,25-/m0/s1. The molecule has 37 heavy (non-hydrogen) atoms. The topological polar surface area (TPSA) is 112 Å². The highest BCUT2D eigenvalue weighted by Gasteiger charge is 2.74. The Bertz CT molecular complexity index is 1520. The van der Waals surface area contributed by atoms with Crippen molar-refractivity contribution in [1.82, 2.24) is 9.88 Å². The number of aliphatic carboxylic acids is 1. The van der Waals surface area contributed by atoms with Gasteiger partial charge < -0.3 is 15.7 Å². The number of fused-ring (bicyclic) bond motifs is 5. The van der Waals surface area contributed by atoms with E-state index in [9.17, 15) is 28.3 Å². The van der Waals surface area contributed by atoms with Crippen molar-refractivity contribution in [3.05, 3.63) is 64.3 Å². The zero-order valence-electron chi connectivity index (χ0n) is 18.8. The first-order valence-corrected chi connectivity index (χ1v) is 12.1. The van der Waals surface area contributed by atoms with Gasteiger partial charge in [-0.3, -0.25) is 19.3 Å². The molecule has 3 aliphatic rings. The van der Waals surface area contributed by atoms with Crippen LogP contribution in [0, 0.1) is 11.8 Å². The molecule has 4 heterocycles. The molecule has 6 rings (SSSR count). The normalized spacial score (nSPS) is 27.8. The molecule has 0 saturated carbocycles. The summed E-state index contributed by atoms with van der Waals surface area (Å²) in [5.41, 5.74) is -1.96. The summed E-state index contributed by atoms with van der Waals surface area (Å²) in [4.78, 5) is 45.3. The lowest BCUT2D eigenvalue weighted by Gasteiger charge is -2.35. The molecule has 2 aromatic carbocycles. The lowest BCUT2D eigenvalue weighted by Crippen LogP contribution is -2.54. The molecule has 8 nitrogen and oxygen atoms in total. The van der Waals surface area contributed by atoms with Crippen molar-refractivity contribution < 1.29 is 28.3 Å². The van der Waals surface area contributed by atoms with Gasteiger partial charge in [-0.1, -0.05) is 47.5 Å². The predicted octanol–water partition coefficient (Wildman–Crippen LogP) is 4.37. The van der Waals surface area contributed by atoms with Gasteiger partial charge in [0.2, 0.25) is 5.91 Å². The van der Waals surface area contributed by atoms with Gasteiger partial charge >= 0.3 is 5.97 Å². The van der Waals surface area contributed by atoms with Crippen molar-refractivity contribution in [3.8, 4) is 0 Å². The van der Waals surface area contributed by atoms with Gasteiger partial charge in [-0.05, 0) is 23.6 Å². The van der Waals surface area contributed by atoms with Crippen molar-refractivity contribution in [1.29, 1.82) is 0 Å². The van der Waals surface area contributed by atoms with Crippen LogP contribution in [0.1, 0.15) is 12.0 Å². The van der Waals surface area contributed by atoms with E-state index in [4.69, 9.17) is 23.2 Å². The maximum Gasteiger partial charge on any atom is 0.310 e. The molecule has 1 spiro atoms. The van der Waals surface area contributed by atoms with Gasteiger partial charge in [-0.15, -0.1) is 0 Å². The van der Waals surface area contributed by atoms with Crippen molar-refractivity contribution >= 4 is 63.3 Å². The number of carboxylic acid groups (broad SMARTS) is 1. The Hall–Kier alpha value is -3.34. The van der Waals surface area contributed by atoms with Crippen LogP contribution in [-0.4, -0.2) is 51.3 Å². The maximum absolute atomic E-state index is 14.8. The summed E-state index contributed by atoms with van der Waals surface area (Å²) in [6.45, 7) is -0.906. The number of amides is 2. The summed E-state index contributed by atoms with van der Waals surface area (Å²) >= 11 is 12.5. The van der Waals surface area contributed by atoms with Gasteiger partial charge in [-0.2, -0.15) is 0 Å². The third kappa shape index (κ3) is 3.43. The van der Waals surface area contributed by atoms with E-state index >= 15 is 0 Å². The van der Waals surface area contributed by atoms with Crippen molar-refractivity contribution in [3.63, 3.8) is 0 Å². The number of halogens is 4. The summed E-state index contributed by atoms with van der Waals surface area (Å²) in [6, 6.07) is 10.3. The number of benzene rings is 2. The second-order valence-electron chi connectivity index (χ2n) is 9.53. The Labute approximate surface area is 218 Å². The first kappa shape index (κ1) is 24.0. The Morgan fingerprint density at radius 2 is 1.89 bits per heavy atom. The van der Waals surface area contributed by atoms with E-state index in [0.717, 1.165) is 15.7 Å². The van der Waals surface area contributed by atoms with Gasteiger partial charge in [0, 0.05) is 34.6 Å². The number of nitrogens with one attached hydrogen (secondary N) is 2. The zero-order chi connectivity index (χ0) is 26.3. The molecule has 2 amide bonds. The third-order valence-electron chi connectivity index (χ3n) is 7.49. The van der Waals surface area contributed by atoms with Crippen molar-refractivity contribution in [2.75, 3.05) is 17.2 Å². The molecule has 12 heteroatoms. The molecule has 4 atom stereocenters. The molecule has 0 radical (unpaired) electrons. The van der Waals surface area contributed by atoms with Crippen LogP contribution in [0.3, 0.4) is 0 Å². The Kier molecular flexibility index (Phi) is 5.24. The second-order valence-corrected chi connectivity index (χ2v) is 10.4. The minimum absolute atomic E-state index is 0.0348. The van der Waals surface area contributed by atoms with E-state index in [1.165, 1.54) is 18.3 Å². The Balaban J connectivity index is 1.49. The van der Waals surface area contributed by atoms with Gasteiger partial charge in [0.1, 0.15) is 17.3 Å². The Morgan fingerprint density at radius 1 is 1.16 bits per heavy atom. The number of nitrogens with zero attached hydrogens (tertiary/aromatic N) is 2. The quantitative estimate of drug-likeness (QED) is 0.449. The van der Waals surface area contributed by atoms with Crippen molar-refractivity contribution in [2.45, 2.75) is 23.9 Å². The van der Waals surface area contributed by atoms with Gasteiger partial charge in [-0.25, -0.2) is 13.8 Å². The van der Waals surface area contributed by atoms with Crippen LogP contribution in [0.2, 0.25) is 10.0 Å². The highest BCUT2D eigenvalue weighted by Crippen LogP contribution is 2.61. The number of alkyl halides is 2. The van der Waals surface area contributed by atoms with E-state index < -0.39 is 60.1 Å². The molecule has 0 bridgehead atoms. The van der Waals surface area contributed by atoms with Gasteiger partial charge in [0.15, 0.2) is 0 Å². The van der Waals surface area contributed by atoms with Crippen LogP contribution in [-0.2, 0) is 19.9 Å². The number of hydrogen-bond donors (Lipinski definition) is 3. The summed E-state index contributed by atoms with van der Waals surface area (Å²) in [6.07, 6.45) is 0.745. The summed E-state index contributed by atoms with van der Waals surface area (Å²) in [7, 11) is 0. The first-order valence-electron chi connectivity index (χ1n) is 11.4. The molecule has 2 saturated heterocycles. The fraction of sp³-hybridized carbons (Fsp3) is 0.280. The van der Waals surface area contributed by atoms with E-state index in [-0.39, 0.29) is 27.1 Å². The molecule has 3 aliphatic heterocycles. The molecular formula is C25H18Cl2F2N4O4. The number of carboxylic acids is 1. The average molecular weight is 547 g/mol. The van der Waals surface area contributed by atoms with E-state index in [1.54, 1.807) is 12.1 Å². The molecule has 0 aliphatic carbocycles. The number of anilines is 2. The number of pyridine rings is 1. The lowest BCUT2D eigenvalue weighted by atomic mass is 9.73. The monoisotopic (exact) mass is 546 g/mol. The molecule has 190 valence electrons. The molecule has 3 aromatic rings. The van der Waals surface area contributed by atoms with E-state index in [0.29, 0.717) is 0 Å². The minimum atomic E-state index is -3.26. The van der Waals surface area contributed by atoms with Gasteiger partial charge in [0.05, 0.1) is 23.2 Å².